The summed E-state index contributed by atoms with van der Waals surface area (Å²) in [4.78, 5) is 0. The first kappa shape index (κ1) is 14.3. The van der Waals surface area contributed by atoms with Crippen LogP contribution in [0, 0.1) is 0 Å². The summed E-state index contributed by atoms with van der Waals surface area (Å²) in [5.74, 6) is 0.574. The normalized spacial score (nSPS) is 10.8. The van der Waals surface area contributed by atoms with Gasteiger partial charge in [0.2, 0.25) is 0 Å². The summed E-state index contributed by atoms with van der Waals surface area (Å²) in [5.41, 5.74) is 11.5. The van der Waals surface area contributed by atoms with Crippen LogP contribution in [-0.2, 0) is 12.8 Å². The summed E-state index contributed by atoms with van der Waals surface area (Å²) < 4.78 is 1.72. The van der Waals surface area contributed by atoms with Gasteiger partial charge in [-0.1, -0.05) is 61.5 Å². The van der Waals surface area contributed by atoms with E-state index in [2.05, 4.69) is 54.5 Å². The number of benzene rings is 2. The zero-order valence-corrected chi connectivity index (χ0v) is 13.0. The Balaban J connectivity index is 2.04. The van der Waals surface area contributed by atoms with Gasteiger partial charge < -0.3 is 5.73 Å². The number of nitrogen functional groups attached to an aromatic ring is 1. The topological polar surface area (TPSA) is 56.7 Å². The molecule has 2 N–H and O–H groups in total. The third-order valence-electron chi connectivity index (χ3n) is 3.94. The van der Waals surface area contributed by atoms with Crippen molar-refractivity contribution in [1.29, 1.82) is 0 Å². The van der Waals surface area contributed by atoms with Crippen LogP contribution in [0.1, 0.15) is 25.0 Å². The molecule has 0 unspecified atom stereocenters. The Morgan fingerprint density at radius 1 is 0.955 bits per heavy atom. The molecule has 22 heavy (non-hydrogen) atoms. The van der Waals surface area contributed by atoms with E-state index in [0.29, 0.717) is 5.82 Å². The molecule has 4 heteroatoms. The molecule has 0 saturated heterocycles. The van der Waals surface area contributed by atoms with Crippen LogP contribution >= 0.6 is 0 Å². The second-order valence-electron chi connectivity index (χ2n) is 5.27. The average molecular weight is 292 g/mol. The molecule has 112 valence electrons. The zero-order chi connectivity index (χ0) is 15.5. The van der Waals surface area contributed by atoms with Gasteiger partial charge in [0.25, 0.3) is 0 Å². The summed E-state index contributed by atoms with van der Waals surface area (Å²) >= 11 is 0. The minimum atomic E-state index is 0.574. The summed E-state index contributed by atoms with van der Waals surface area (Å²) in [6, 6.07) is 16.4. The first-order chi connectivity index (χ1) is 10.7. The Morgan fingerprint density at radius 3 is 2.36 bits per heavy atom. The van der Waals surface area contributed by atoms with E-state index in [9.17, 15) is 0 Å². The van der Waals surface area contributed by atoms with Crippen LogP contribution in [0.3, 0.4) is 0 Å². The van der Waals surface area contributed by atoms with E-state index in [1.807, 2.05) is 18.2 Å². The summed E-state index contributed by atoms with van der Waals surface area (Å²) in [6.45, 7) is 4.26. The SMILES string of the molecule is CCc1ccc(-c2nnn(-c3ccccc3CC)c2N)cc1. The number of para-hydroxylation sites is 1. The Hall–Kier alpha value is -2.62. The molecule has 0 spiro atoms. The molecule has 0 aliphatic carbocycles. The van der Waals surface area contributed by atoms with Crippen molar-refractivity contribution >= 4 is 5.82 Å². The smallest absolute Gasteiger partial charge is 0.155 e. The maximum absolute atomic E-state index is 6.30. The molecule has 0 aliphatic heterocycles. The Kier molecular flexibility index (Phi) is 3.92. The predicted molar refractivity (Wildman–Crippen MR) is 90.0 cm³/mol. The standard InChI is InChI=1S/C18H20N4/c1-3-13-9-11-15(12-10-13)17-18(19)22(21-20-17)16-8-6-5-7-14(16)4-2/h5-12H,3-4,19H2,1-2H3. The van der Waals surface area contributed by atoms with Crippen LogP contribution in [-0.4, -0.2) is 15.0 Å². The van der Waals surface area contributed by atoms with Crippen LogP contribution in [0.5, 0.6) is 0 Å². The number of aryl methyl sites for hydroxylation is 2. The molecule has 4 nitrogen and oxygen atoms in total. The summed E-state index contributed by atoms with van der Waals surface area (Å²) in [7, 11) is 0. The van der Waals surface area contributed by atoms with Gasteiger partial charge in [-0.05, 0) is 30.0 Å². The number of nitrogens with zero attached hydrogens (tertiary/aromatic N) is 3. The zero-order valence-electron chi connectivity index (χ0n) is 13.0. The van der Waals surface area contributed by atoms with Gasteiger partial charge in [-0.3, -0.25) is 0 Å². The van der Waals surface area contributed by atoms with Gasteiger partial charge in [-0.15, -0.1) is 5.10 Å². The number of hydrogen-bond acceptors (Lipinski definition) is 3. The fourth-order valence-corrected chi connectivity index (χ4v) is 2.59. The predicted octanol–water partition coefficient (Wildman–Crippen LogP) is 3.64. The molecular formula is C18H20N4. The van der Waals surface area contributed by atoms with Crippen LogP contribution in [0.4, 0.5) is 5.82 Å². The van der Waals surface area contributed by atoms with Gasteiger partial charge in [-0.2, -0.15) is 4.68 Å². The molecule has 2 aromatic carbocycles. The molecule has 3 aromatic rings. The fourth-order valence-electron chi connectivity index (χ4n) is 2.59. The number of hydrogen-bond donors (Lipinski definition) is 1. The first-order valence-electron chi connectivity index (χ1n) is 7.63. The lowest BCUT2D eigenvalue weighted by Crippen LogP contribution is -2.05. The Labute approximate surface area is 130 Å². The second kappa shape index (κ2) is 6.02. The number of nitrogens with two attached hydrogens (primary N) is 1. The number of aromatic nitrogens is 3. The highest BCUT2D eigenvalue weighted by Crippen LogP contribution is 2.27. The summed E-state index contributed by atoms with van der Waals surface area (Å²) in [5, 5.41) is 8.54. The van der Waals surface area contributed by atoms with Crippen molar-refractivity contribution in [3.05, 3.63) is 59.7 Å². The highest BCUT2D eigenvalue weighted by Gasteiger charge is 2.14. The van der Waals surface area contributed by atoms with Crippen molar-refractivity contribution in [3.8, 4) is 16.9 Å². The Bertz CT molecular complexity index is 772. The lowest BCUT2D eigenvalue weighted by Gasteiger charge is -2.08. The lowest BCUT2D eigenvalue weighted by molar-refractivity contribution is 0.800. The van der Waals surface area contributed by atoms with E-state index in [-0.39, 0.29) is 0 Å². The maximum atomic E-state index is 6.30. The fraction of sp³-hybridized carbons (Fsp3) is 0.222. The van der Waals surface area contributed by atoms with Crippen LogP contribution < -0.4 is 5.73 Å². The average Bonchev–Trinajstić information content (AvgIpc) is 2.96. The largest absolute Gasteiger partial charge is 0.382 e. The minimum Gasteiger partial charge on any atom is -0.382 e. The van der Waals surface area contributed by atoms with Gasteiger partial charge in [0.1, 0.15) is 5.69 Å². The maximum Gasteiger partial charge on any atom is 0.155 e. The van der Waals surface area contributed by atoms with Crippen molar-refractivity contribution in [3.63, 3.8) is 0 Å². The molecule has 1 heterocycles. The van der Waals surface area contributed by atoms with E-state index in [4.69, 9.17) is 5.73 Å². The van der Waals surface area contributed by atoms with Crippen LogP contribution in [0.15, 0.2) is 48.5 Å². The molecule has 0 bridgehead atoms. The number of anilines is 1. The van der Waals surface area contributed by atoms with E-state index in [1.165, 1.54) is 11.1 Å². The quantitative estimate of drug-likeness (QED) is 0.798. The molecule has 0 aliphatic rings. The second-order valence-corrected chi connectivity index (χ2v) is 5.27. The molecule has 0 fully saturated rings. The first-order valence-corrected chi connectivity index (χ1v) is 7.63. The highest BCUT2D eigenvalue weighted by atomic mass is 15.5. The van der Waals surface area contributed by atoms with Gasteiger partial charge in [0.05, 0.1) is 5.69 Å². The van der Waals surface area contributed by atoms with Crippen molar-refractivity contribution in [2.75, 3.05) is 5.73 Å². The van der Waals surface area contributed by atoms with E-state index < -0.39 is 0 Å². The monoisotopic (exact) mass is 292 g/mol. The van der Waals surface area contributed by atoms with Crippen molar-refractivity contribution in [2.24, 2.45) is 0 Å². The Morgan fingerprint density at radius 2 is 1.68 bits per heavy atom. The van der Waals surface area contributed by atoms with Gasteiger partial charge in [-0.25, -0.2) is 0 Å². The minimum absolute atomic E-state index is 0.574. The molecule has 1 aromatic heterocycles. The molecule has 0 atom stereocenters. The molecule has 0 saturated carbocycles. The number of rotatable bonds is 4. The van der Waals surface area contributed by atoms with E-state index in [1.54, 1.807) is 4.68 Å². The van der Waals surface area contributed by atoms with Gasteiger partial charge in [0.15, 0.2) is 5.82 Å². The van der Waals surface area contributed by atoms with Crippen molar-refractivity contribution in [1.82, 2.24) is 15.0 Å². The molecule has 3 rings (SSSR count). The molecule has 0 radical (unpaired) electrons. The van der Waals surface area contributed by atoms with Crippen molar-refractivity contribution < 1.29 is 0 Å². The summed E-state index contributed by atoms with van der Waals surface area (Å²) in [6.07, 6.45) is 1.95. The third kappa shape index (κ3) is 2.48. The van der Waals surface area contributed by atoms with Gasteiger partial charge in [0, 0.05) is 5.56 Å². The van der Waals surface area contributed by atoms with E-state index >= 15 is 0 Å². The molecule has 0 amide bonds. The van der Waals surface area contributed by atoms with E-state index in [0.717, 1.165) is 29.8 Å². The highest BCUT2D eigenvalue weighted by molar-refractivity contribution is 5.71. The lowest BCUT2D eigenvalue weighted by atomic mass is 10.1. The van der Waals surface area contributed by atoms with Crippen LogP contribution in [0.25, 0.3) is 16.9 Å². The van der Waals surface area contributed by atoms with Crippen LogP contribution in [0.2, 0.25) is 0 Å². The molecular weight excluding hydrogens is 272 g/mol. The third-order valence-corrected chi connectivity index (χ3v) is 3.94. The van der Waals surface area contributed by atoms with Gasteiger partial charge >= 0.3 is 0 Å². The van der Waals surface area contributed by atoms with Crippen molar-refractivity contribution in [2.45, 2.75) is 26.7 Å².